The molecule has 0 bridgehead atoms. The molecule has 1 amide bonds. The van der Waals surface area contributed by atoms with Crippen LogP contribution in [0.2, 0.25) is 0 Å². The number of benzene rings is 1. The molecular formula is C17H20N2O6S. The molecule has 1 N–H and O–H groups in total. The molecule has 140 valence electrons. The van der Waals surface area contributed by atoms with Crippen molar-refractivity contribution in [3.63, 3.8) is 0 Å². The van der Waals surface area contributed by atoms with E-state index in [1.54, 1.807) is 0 Å². The fourth-order valence-electron chi connectivity index (χ4n) is 2.80. The lowest BCUT2D eigenvalue weighted by atomic mass is 10.2. The first kappa shape index (κ1) is 18.5. The van der Waals surface area contributed by atoms with Crippen molar-refractivity contribution in [3.8, 4) is 0 Å². The van der Waals surface area contributed by atoms with Crippen molar-refractivity contribution in [2.45, 2.75) is 30.5 Å². The Bertz CT molecular complexity index is 670. The van der Waals surface area contributed by atoms with E-state index in [1.165, 1.54) is 23.8 Å². The number of esters is 2. The molecule has 1 unspecified atom stereocenters. The van der Waals surface area contributed by atoms with Gasteiger partial charge in [-0.1, -0.05) is 30.3 Å². The molecule has 3 rings (SSSR count). The third-order valence-electron chi connectivity index (χ3n) is 4.21. The van der Waals surface area contributed by atoms with Crippen molar-refractivity contribution in [2.24, 2.45) is 0 Å². The third kappa shape index (κ3) is 4.28. The molecule has 8 nitrogen and oxygen atoms in total. The lowest BCUT2D eigenvalue weighted by molar-refractivity contribution is -0.142. The molecule has 0 aliphatic carbocycles. The van der Waals surface area contributed by atoms with Gasteiger partial charge in [-0.15, -0.1) is 11.8 Å². The minimum absolute atomic E-state index is 0.123. The Labute approximate surface area is 155 Å². The van der Waals surface area contributed by atoms with Gasteiger partial charge in [0.15, 0.2) is 6.73 Å². The van der Waals surface area contributed by atoms with Crippen molar-refractivity contribution < 1.29 is 28.6 Å². The number of thioether (sulfide) groups is 1. The fourth-order valence-corrected chi connectivity index (χ4v) is 4.04. The predicted molar refractivity (Wildman–Crippen MR) is 93.0 cm³/mol. The lowest BCUT2D eigenvalue weighted by Gasteiger charge is -2.22. The van der Waals surface area contributed by atoms with Gasteiger partial charge in [0.05, 0.1) is 12.5 Å². The molecule has 0 radical (unpaired) electrons. The van der Waals surface area contributed by atoms with Crippen LogP contribution in [0.5, 0.6) is 0 Å². The summed E-state index contributed by atoms with van der Waals surface area (Å²) in [5, 5.41) is 2.95. The maximum atomic E-state index is 12.3. The molecule has 1 aromatic carbocycles. The Morgan fingerprint density at radius 2 is 2.12 bits per heavy atom. The van der Waals surface area contributed by atoms with E-state index in [1.807, 2.05) is 30.3 Å². The summed E-state index contributed by atoms with van der Waals surface area (Å²) in [6.45, 7) is -0.00708. The standard InChI is InChI=1S/C17H20N2O6S/c1-23-15(20)12-9-26-14(18-12)7-13-16(21)25-10-19(13)17(22)24-8-11-5-3-2-4-6-11/h2-6,12-14,18H,7-10H2,1H3/t12-,13-,14?/m0/s1. The van der Waals surface area contributed by atoms with Crippen LogP contribution in [0, 0.1) is 0 Å². The highest BCUT2D eigenvalue weighted by molar-refractivity contribution is 8.00. The SMILES string of the molecule is COC(=O)[C@@H]1CSC(C[C@H]2C(=O)OCN2C(=O)OCc2ccccc2)N1. The molecule has 0 aromatic heterocycles. The van der Waals surface area contributed by atoms with E-state index in [-0.39, 0.29) is 24.7 Å². The van der Waals surface area contributed by atoms with Gasteiger partial charge in [0.2, 0.25) is 0 Å². The minimum Gasteiger partial charge on any atom is -0.468 e. The summed E-state index contributed by atoms with van der Waals surface area (Å²) >= 11 is 1.51. The van der Waals surface area contributed by atoms with E-state index in [0.717, 1.165) is 5.56 Å². The van der Waals surface area contributed by atoms with Crippen LogP contribution in [0.25, 0.3) is 0 Å². The molecule has 2 heterocycles. The van der Waals surface area contributed by atoms with Crippen LogP contribution in [0.15, 0.2) is 30.3 Å². The van der Waals surface area contributed by atoms with Crippen LogP contribution in [0.4, 0.5) is 4.79 Å². The summed E-state index contributed by atoms with van der Waals surface area (Å²) in [5.74, 6) is -0.254. The second-order valence-corrected chi connectivity index (χ2v) is 7.15. The summed E-state index contributed by atoms with van der Waals surface area (Å²) in [7, 11) is 1.33. The molecule has 3 atom stereocenters. The van der Waals surface area contributed by atoms with E-state index in [9.17, 15) is 14.4 Å². The number of ether oxygens (including phenoxy) is 3. The van der Waals surface area contributed by atoms with E-state index in [2.05, 4.69) is 5.32 Å². The Balaban J connectivity index is 1.55. The molecule has 9 heteroatoms. The van der Waals surface area contributed by atoms with E-state index in [4.69, 9.17) is 14.2 Å². The molecule has 0 spiro atoms. The maximum Gasteiger partial charge on any atom is 0.413 e. The van der Waals surface area contributed by atoms with Crippen LogP contribution in [-0.4, -0.2) is 60.0 Å². The van der Waals surface area contributed by atoms with E-state index in [0.29, 0.717) is 12.2 Å². The lowest BCUT2D eigenvalue weighted by Crippen LogP contribution is -2.44. The number of nitrogens with one attached hydrogen (secondary N) is 1. The highest BCUT2D eigenvalue weighted by Crippen LogP contribution is 2.27. The van der Waals surface area contributed by atoms with Crippen LogP contribution >= 0.6 is 11.8 Å². The minimum atomic E-state index is -0.736. The number of methoxy groups -OCH3 is 1. The number of amides is 1. The van der Waals surface area contributed by atoms with Crippen molar-refractivity contribution in [1.82, 2.24) is 10.2 Å². The van der Waals surface area contributed by atoms with Gasteiger partial charge in [-0.2, -0.15) is 0 Å². The normalized spacial score (nSPS) is 25.0. The zero-order valence-electron chi connectivity index (χ0n) is 14.3. The van der Waals surface area contributed by atoms with Crippen molar-refractivity contribution in [3.05, 3.63) is 35.9 Å². The van der Waals surface area contributed by atoms with Crippen LogP contribution in [-0.2, 0) is 30.4 Å². The predicted octanol–water partition coefficient (Wildman–Crippen LogP) is 1.10. The molecule has 0 saturated carbocycles. The quantitative estimate of drug-likeness (QED) is 0.600. The Morgan fingerprint density at radius 1 is 1.35 bits per heavy atom. The summed E-state index contributed by atoms with van der Waals surface area (Å²) in [4.78, 5) is 37.2. The van der Waals surface area contributed by atoms with Crippen molar-refractivity contribution in [2.75, 3.05) is 19.6 Å². The fraction of sp³-hybridized carbons (Fsp3) is 0.471. The summed E-state index contributed by atoms with van der Waals surface area (Å²) in [6.07, 6.45) is -0.269. The van der Waals surface area contributed by atoms with E-state index < -0.39 is 24.1 Å². The second-order valence-electron chi connectivity index (χ2n) is 5.92. The number of carbonyl (C=O) groups is 3. The van der Waals surface area contributed by atoms with Gasteiger partial charge in [0.1, 0.15) is 18.7 Å². The zero-order chi connectivity index (χ0) is 18.5. The summed E-state index contributed by atoms with van der Waals surface area (Å²) < 4.78 is 15.0. The molecule has 2 fully saturated rings. The first-order valence-corrected chi connectivity index (χ1v) is 9.23. The van der Waals surface area contributed by atoms with Gasteiger partial charge in [0, 0.05) is 12.2 Å². The number of nitrogens with zero attached hydrogens (tertiary/aromatic N) is 1. The van der Waals surface area contributed by atoms with Gasteiger partial charge in [-0.25, -0.2) is 9.59 Å². The molecule has 26 heavy (non-hydrogen) atoms. The number of hydrogen-bond donors (Lipinski definition) is 1. The number of rotatable bonds is 5. The van der Waals surface area contributed by atoms with Crippen LogP contribution < -0.4 is 5.32 Å². The highest BCUT2D eigenvalue weighted by atomic mass is 32.2. The van der Waals surface area contributed by atoms with Crippen molar-refractivity contribution in [1.29, 1.82) is 0 Å². The molecule has 1 aromatic rings. The number of carbonyl (C=O) groups excluding carboxylic acids is 3. The van der Waals surface area contributed by atoms with Gasteiger partial charge >= 0.3 is 18.0 Å². The Morgan fingerprint density at radius 3 is 2.85 bits per heavy atom. The smallest absolute Gasteiger partial charge is 0.413 e. The van der Waals surface area contributed by atoms with Gasteiger partial charge < -0.3 is 14.2 Å². The maximum absolute atomic E-state index is 12.3. The number of cyclic esters (lactones) is 1. The molecule has 2 aliphatic heterocycles. The average Bonchev–Trinajstić information content (AvgIpc) is 3.28. The average molecular weight is 380 g/mol. The largest absolute Gasteiger partial charge is 0.468 e. The molecule has 2 saturated heterocycles. The second kappa shape index (κ2) is 8.41. The van der Waals surface area contributed by atoms with Gasteiger partial charge in [-0.3, -0.25) is 15.0 Å². The highest BCUT2D eigenvalue weighted by Gasteiger charge is 2.42. The van der Waals surface area contributed by atoms with Crippen LogP contribution in [0.3, 0.4) is 0 Å². The third-order valence-corrected chi connectivity index (χ3v) is 5.46. The zero-order valence-corrected chi connectivity index (χ0v) is 15.1. The topological polar surface area (TPSA) is 94.2 Å². The van der Waals surface area contributed by atoms with Gasteiger partial charge in [-0.05, 0) is 5.56 Å². The van der Waals surface area contributed by atoms with E-state index >= 15 is 0 Å². The molecular weight excluding hydrogens is 360 g/mol. The van der Waals surface area contributed by atoms with Gasteiger partial charge in [0.25, 0.3) is 0 Å². The monoisotopic (exact) mass is 380 g/mol. The first-order valence-electron chi connectivity index (χ1n) is 8.18. The molecule has 2 aliphatic rings. The summed E-state index contributed by atoms with van der Waals surface area (Å²) in [5.41, 5.74) is 0.859. The first-order chi connectivity index (χ1) is 12.6. The number of hydrogen-bond acceptors (Lipinski definition) is 8. The Kier molecular flexibility index (Phi) is 6.00. The van der Waals surface area contributed by atoms with Crippen LogP contribution in [0.1, 0.15) is 12.0 Å². The Hall–Kier alpha value is -2.26. The summed E-state index contributed by atoms with van der Waals surface area (Å²) in [6, 6.07) is 8.14. The van der Waals surface area contributed by atoms with Crippen molar-refractivity contribution >= 4 is 29.8 Å².